The third-order valence-corrected chi connectivity index (χ3v) is 5.98. The highest BCUT2D eigenvalue weighted by atomic mass is 32.1. The first kappa shape index (κ1) is 18.3. The van der Waals surface area contributed by atoms with Crippen molar-refractivity contribution in [2.45, 2.75) is 32.6 Å². The molecule has 1 aliphatic carbocycles. The van der Waals surface area contributed by atoms with Crippen molar-refractivity contribution in [1.82, 2.24) is 9.97 Å². The normalized spacial score (nSPS) is 13.9. The molecule has 0 saturated heterocycles. The van der Waals surface area contributed by atoms with Crippen LogP contribution >= 0.6 is 11.3 Å². The molecule has 142 valence electrons. The second-order valence-corrected chi connectivity index (χ2v) is 7.72. The van der Waals surface area contributed by atoms with Crippen LogP contribution in [0.5, 0.6) is 11.5 Å². The molecule has 0 amide bonds. The Balaban J connectivity index is 1.79. The molecule has 0 bridgehead atoms. The maximum Gasteiger partial charge on any atom is 0.260 e. The van der Waals surface area contributed by atoms with E-state index in [0.29, 0.717) is 28.1 Å². The summed E-state index contributed by atoms with van der Waals surface area (Å²) in [5.74, 6) is 0.635. The van der Waals surface area contributed by atoms with Gasteiger partial charge in [0.2, 0.25) is 0 Å². The zero-order valence-electron chi connectivity index (χ0n) is 15.4. The van der Waals surface area contributed by atoms with Crippen LogP contribution in [0.3, 0.4) is 0 Å². The van der Waals surface area contributed by atoms with Gasteiger partial charge in [-0.3, -0.25) is 4.79 Å². The Morgan fingerprint density at radius 1 is 1.43 bits per heavy atom. The van der Waals surface area contributed by atoms with E-state index in [1.54, 1.807) is 29.5 Å². The highest BCUT2D eigenvalue weighted by Crippen LogP contribution is 2.34. The monoisotopic (exact) mass is 393 g/mol. The number of rotatable bonds is 4. The summed E-state index contributed by atoms with van der Waals surface area (Å²) in [4.78, 5) is 22.0. The molecule has 3 aromatic rings. The zero-order chi connectivity index (χ0) is 19.7. The third-order valence-electron chi connectivity index (χ3n) is 4.80. The summed E-state index contributed by atoms with van der Waals surface area (Å²) in [6, 6.07) is 6.95. The van der Waals surface area contributed by atoms with Gasteiger partial charge in [-0.05, 0) is 61.9 Å². The van der Waals surface area contributed by atoms with Crippen molar-refractivity contribution in [2.24, 2.45) is 0 Å². The Kier molecular flexibility index (Phi) is 4.88. The van der Waals surface area contributed by atoms with Gasteiger partial charge >= 0.3 is 0 Å². The minimum Gasteiger partial charge on any atom is -0.504 e. The van der Waals surface area contributed by atoms with E-state index < -0.39 is 0 Å². The minimum atomic E-state index is -0.193. The lowest BCUT2D eigenvalue weighted by Gasteiger charge is -2.09. The van der Waals surface area contributed by atoms with Crippen LogP contribution in [-0.2, 0) is 12.8 Å². The number of allylic oxidation sites excluding steroid dienone is 1. The van der Waals surface area contributed by atoms with Crippen LogP contribution in [0.1, 0.15) is 41.6 Å². The second kappa shape index (κ2) is 7.49. The molecule has 1 aliphatic rings. The lowest BCUT2D eigenvalue weighted by Crippen LogP contribution is -2.12. The number of aryl methyl sites for hydroxylation is 2. The molecule has 7 heteroatoms. The Morgan fingerprint density at radius 2 is 2.25 bits per heavy atom. The molecule has 0 saturated carbocycles. The number of phenolic OH excluding ortho intramolecular Hbond substituents is 1. The lowest BCUT2D eigenvalue weighted by atomic mass is 9.97. The van der Waals surface area contributed by atoms with Gasteiger partial charge in [-0.2, -0.15) is 5.26 Å². The predicted molar refractivity (Wildman–Crippen MR) is 110 cm³/mol. The first-order valence-corrected chi connectivity index (χ1v) is 10.0. The standard InChI is InChI=1S/C21H19N3O3S/c1-2-27-16-10-12(7-8-15(16)25)9-13(11-22)19-23-20(26)18-14-5-3-4-6-17(14)28-21(18)24-19/h7-10,25H,2-6H2,1H3,(H,23,24,26). The number of phenols is 1. The van der Waals surface area contributed by atoms with Crippen LogP contribution in [0.25, 0.3) is 21.9 Å². The number of aromatic hydroxyl groups is 1. The van der Waals surface area contributed by atoms with Gasteiger partial charge in [-0.25, -0.2) is 4.98 Å². The van der Waals surface area contributed by atoms with E-state index >= 15 is 0 Å². The maximum absolute atomic E-state index is 12.7. The molecule has 28 heavy (non-hydrogen) atoms. The van der Waals surface area contributed by atoms with E-state index in [1.807, 2.05) is 6.92 Å². The number of nitrogens with zero attached hydrogens (tertiary/aromatic N) is 2. The first-order valence-electron chi connectivity index (χ1n) is 9.23. The topological polar surface area (TPSA) is 99.0 Å². The Bertz CT molecular complexity index is 1180. The van der Waals surface area contributed by atoms with E-state index in [2.05, 4.69) is 16.0 Å². The quantitative estimate of drug-likeness (QED) is 0.652. The van der Waals surface area contributed by atoms with E-state index in [9.17, 15) is 15.2 Å². The summed E-state index contributed by atoms with van der Waals surface area (Å²) < 4.78 is 5.39. The van der Waals surface area contributed by atoms with Crippen LogP contribution in [0.2, 0.25) is 0 Å². The fourth-order valence-corrected chi connectivity index (χ4v) is 4.77. The molecule has 2 N–H and O–H groups in total. The Morgan fingerprint density at radius 3 is 3.04 bits per heavy atom. The molecule has 0 aliphatic heterocycles. The first-order chi connectivity index (χ1) is 13.6. The smallest absolute Gasteiger partial charge is 0.260 e. The van der Waals surface area contributed by atoms with Gasteiger partial charge in [0.15, 0.2) is 17.3 Å². The number of hydrogen-bond donors (Lipinski definition) is 2. The van der Waals surface area contributed by atoms with Crippen molar-refractivity contribution < 1.29 is 9.84 Å². The molecule has 0 radical (unpaired) electrons. The number of aromatic amines is 1. The fraction of sp³-hybridized carbons (Fsp3) is 0.286. The molecular formula is C21H19N3O3S. The van der Waals surface area contributed by atoms with Crippen molar-refractivity contribution in [3.8, 4) is 17.6 Å². The van der Waals surface area contributed by atoms with Gasteiger partial charge in [0.05, 0.1) is 17.6 Å². The largest absolute Gasteiger partial charge is 0.504 e. The van der Waals surface area contributed by atoms with Gasteiger partial charge < -0.3 is 14.8 Å². The van der Waals surface area contributed by atoms with Crippen LogP contribution in [0.15, 0.2) is 23.0 Å². The average Bonchev–Trinajstić information content (AvgIpc) is 3.07. The lowest BCUT2D eigenvalue weighted by molar-refractivity contribution is 0.318. The van der Waals surface area contributed by atoms with Crippen LogP contribution in [-0.4, -0.2) is 21.7 Å². The highest BCUT2D eigenvalue weighted by Gasteiger charge is 2.20. The number of nitriles is 1. The summed E-state index contributed by atoms with van der Waals surface area (Å²) >= 11 is 1.55. The number of thiophene rings is 1. The molecule has 0 fully saturated rings. The molecule has 2 aromatic heterocycles. The number of hydrogen-bond acceptors (Lipinski definition) is 6. The number of fused-ring (bicyclic) bond motifs is 3. The van der Waals surface area contributed by atoms with Crippen molar-refractivity contribution >= 4 is 33.2 Å². The van der Waals surface area contributed by atoms with Gasteiger partial charge in [-0.15, -0.1) is 11.3 Å². The zero-order valence-corrected chi connectivity index (χ0v) is 16.2. The van der Waals surface area contributed by atoms with E-state index in [4.69, 9.17) is 4.74 Å². The number of aromatic nitrogens is 2. The summed E-state index contributed by atoms with van der Waals surface area (Å²) in [6.07, 6.45) is 5.75. The fourth-order valence-electron chi connectivity index (χ4n) is 3.50. The molecule has 1 aromatic carbocycles. The van der Waals surface area contributed by atoms with E-state index in [0.717, 1.165) is 31.2 Å². The molecular weight excluding hydrogens is 374 g/mol. The Labute approximate surface area is 165 Å². The summed E-state index contributed by atoms with van der Waals surface area (Å²) in [7, 11) is 0. The highest BCUT2D eigenvalue weighted by molar-refractivity contribution is 7.18. The van der Waals surface area contributed by atoms with Gasteiger partial charge in [0.25, 0.3) is 5.56 Å². The summed E-state index contributed by atoms with van der Waals surface area (Å²) in [6.45, 7) is 2.24. The molecule has 0 spiro atoms. The number of H-pyrrole nitrogens is 1. The van der Waals surface area contributed by atoms with E-state index in [1.165, 1.54) is 10.9 Å². The SMILES string of the molecule is CCOc1cc(C=C(C#N)c2nc3sc4c(c3c(=O)[nH]2)CCCC4)ccc1O. The van der Waals surface area contributed by atoms with Crippen LogP contribution < -0.4 is 10.3 Å². The number of benzene rings is 1. The number of nitrogens with one attached hydrogen (secondary N) is 1. The second-order valence-electron chi connectivity index (χ2n) is 6.64. The maximum atomic E-state index is 12.7. The summed E-state index contributed by atoms with van der Waals surface area (Å²) in [5, 5.41) is 20.1. The minimum absolute atomic E-state index is 0.0367. The van der Waals surface area contributed by atoms with Gasteiger partial charge in [0.1, 0.15) is 10.9 Å². The molecule has 0 unspecified atom stereocenters. The van der Waals surface area contributed by atoms with Crippen molar-refractivity contribution in [1.29, 1.82) is 5.26 Å². The van der Waals surface area contributed by atoms with Crippen molar-refractivity contribution in [3.05, 3.63) is 50.4 Å². The Hall–Kier alpha value is -3.11. The van der Waals surface area contributed by atoms with E-state index in [-0.39, 0.29) is 22.7 Å². The van der Waals surface area contributed by atoms with Crippen LogP contribution in [0, 0.1) is 11.3 Å². The molecule has 2 heterocycles. The molecule has 0 atom stereocenters. The van der Waals surface area contributed by atoms with Gasteiger partial charge in [-0.1, -0.05) is 6.07 Å². The van der Waals surface area contributed by atoms with Gasteiger partial charge in [0, 0.05) is 4.88 Å². The molecule has 4 rings (SSSR count). The average molecular weight is 393 g/mol. The van der Waals surface area contributed by atoms with Crippen molar-refractivity contribution in [3.63, 3.8) is 0 Å². The third kappa shape index (κ3) is 3.27. The predicted octanol–water partition coefficient (Wildman–Crippen LogP) is 4.03. The van der Waals surface area contributed by atoms with Crippen LogP contribution in [0.4, 0.5) is 0 Å². The summed E-state index contributed by atoms with van der Waals surface area (Å²) in [5.41, 5.74) is 1.85. The number of ether oxygens (including phenoxy) is 1. The molecule has 6 nitrogen and oxygen atoms in total. The van der Waals surface area contributed by atoms with Crippen molar-refractivity contribution in [2.75, 3.05) is 6.61 Å².